The fraction of sp³-hybridized carbons (Fsp3) is 0.240. The average molecular weight is 466 g/mol. The molecule has 0 aliphatic heterocycles. The Bertz CT molecular complexity index is 1160. The number of rotatable bonds is 9. The molecule has 1 heterocycles. The van der Waals surface area contributed by atoms with Crippen molar-refractivity contribution in [2.75, 3.05) is 11.9 Å². The lowest BCUT2D eigenvalue weighted by molar-refractivity contribution is -0.137. The van der Waals surface area contributed by atoms with Crippen LogP contribution in [0.15, 0.2) is 54.6 Å². The molecule has 0 fully saturated rings. The number of aryl methyl sites for hydroxylation is 2. The average Bonchev–Trinajstić information content (AvgIpc) is 3.33. The summed E-state index contributed by atoms with van der Waals surface area (Å²) >= 11 is 1.31. The van der Waals surface area contributed by atoms with Gasteiger partial charge in [0.1, 0.15) is 6.61 Å². The van der Waals surface area contributed by atoms with E-state index >= 15 is 0 Å². The van der Waals surface area contributed by atoms with Gasteiger partial charge in [0.05, 0.1) is 18.5 Å². The van der Waals surface area contributed by atoms with E-state index in [1.54, 1.807) is 6.07 Å². The highest BCUT2D eigenvalue weighted by Gasteiger charge is 2.29. The van der Waals surface area contributed by atoms with Crippen molar-refractivity contribution >= 4 is 35.1 Å². The van der Waals surface area contributed by atoms with Crippen molar-refractivity contribution in [1.29, 1.82) is 0 Å². The number of hydrogen-bond acceptors (Lipinski definition) is 5. The lowest BCUT2D eigenvalue weighted by Crippen LogP contribution is -2.18. The maximum absolute atomic E-state index is 12.6. The van der Waals surface area contributed by atoms with Crippen LogP contribution in [0.1, 0.15) is 39.6 Å². The lowest BCUT2D eigenvalue weighted by Gasteiger charge is -2.14. The molecule has 3 N–H and O–H groups in total. The van der Waals surface area contributed by atoms with Crippen LogP contribution >= 0.6 is 11.3 Å². The van der Waals surface area contributed by atoms with Crippen molar-refractivity contribution in [3.8, 4) is 11.1 Å². The first-order chi connectivity index (χ1) is 15.9. The Hall–Kier alpha value is -3.65. The van der Waals surface area contributed by atoms with Gasteiger partial charge in [-0.25, -0.2) is 4.79 Å². The van der Waals surface area contributed by atoms with Crippen LogP contribution < -0.4 is 5.32 Å². The van der Waals surface area contributed by atoms with Gasteiger partial charge in [-0.2, -0.15) is 0 Å². The molecule has 0 bridgehead atoms. The molecule has 0 radical (unpaired) electrons. The zero-order chi connectivity index (χ0) is 23.4. The second-order valence-corrected chi connectivity index (χ2v) is 9.01. The maximum atomic E-state index is 12.6. The maximum Gasteiger partial charge on any atom is 0.411 e. The molecule has 0 atom stereocenters. The number of benzene rings is 2. The zero-order valence-corrected chi connectivity index (χ0v) is 18.6. The Labute approximate surface area is 194 Å². The minimum absolute atomic E-state index is 0.0384. The van der Waals surface area contributed by atoms with E-state index in [1.807, 2.05) is 36.4 Å². The number of fused-ring (bicyclic) bond motifs is 3. The largest absolute Gasteiger partial charge is 0.481 e. The van der Waals surface area contributed by atoms with E-state index in [0.717, 1.165) is 27.1 Å². The SMILES string of the molecule is O=C(O)CCc1cc(NC(=O)OCC2c3ccccc3-c3ccccc32)c(CCC(=O)O)s1. The van der Waals surface area contributed by atoms with Gasteiger partial charge in [-0.1, -0.05) is 48.5 Å². The molecular formula is C25H23NO6S. The molecule has 3 aromatic rings. The highest BCUT2D eigenvalue weighted by Crippen LogP contribution is 2.44. The van der Waals surface area contributed by atoms with Gasteiger partial charge >= 0.3 is 18.0 Å². The number of amides is 1. The van der Waals surface area contributed by atoms with Crippen LogP contribution in [0.25, 0.3) is 11.1 Å². The number of hydrogen-bond donors (Lipinski definition) is 3. The molecular weight excluding hydrogens is 442 g/mol. The number of carbonyl (C=O) groups excluding carboxylic acids is 1. The number of aliphatic carboxylic acids is 2. The minimum atomic E-state index is -0.942. The van der Waals surface area contributed by atoms with E-state index in [4.69, 9.17) is 14.9 Å². The van der Waals surface area contributed by atoms with Gasteiger partial charge in [0.15, 0.2) is 0 Å². The summed E-state index contributed by atoms with van der Waals surface area (Å²) < 4.78 is 5.58. The molecule has 0 spiro atoms. The van der Waals surface area contributed by atoms with Crippen LogP contribution in [0.5, 0.6) is 0 Å². The van der Waals surface area contributed by atoms with Crippen molar-refractivity contribution in [1.82, 2.24) is 0 Å². The number of nitrogens with one attached hydrogen (secondary N) is 1. The monoisotopic (exact) mass is 465 g/mol. The fourth-order valence-electron chi connectivity index (χ4n) is 4.09. The van der Waals surface area contributed by atoms with E-state index in [1.165, 1.54) is 11.3 Å². The van der Waals surface area contributed by atoms with Crippen molar-refractivity contribution < 1.29 is 29.3 Å². The summed E-state index contributed by atoms with van der Waals surface area (Å²) in [4.78, 5) is 36.0. The van der Waals surface area contributed by atoms with Gasteiger partial charge in [-0.3, -0.25) is 14.9 Å². The van der Waals surface area contributed by atoms with Gasteiger partial charge in [0, 0.05) is 15.7 Å². The molecule has 1 aromatic heterocycles. The normalized spacial score (nSPS) is 12.1. The second kappa shape index (κ2) is 9.87. The Morgan fingerprint density at radius 2 is 1.45 bits per heavy atom. The molecule has 7 nitrogen and oxygen atoms in total. The Balaban J connectivity index is 1.45. The molecule has 8 heteroatoms. The van der Waals surface area contributed by atoms with Gasteiger partial charge in [0.25, 0.3) is 0 Å². The Kier molecular flexibility index (Phi) is 6.74. The van der Waals surface area contributed by atoms with Gasteiger partial charge in [0.2, 0.25) is 0 Å². The number of thiophene rings is 1. The molecule has 1 amide bonds. The van der Waals surface area contributed by atoms with E-state index in [9.17, 15) is 14.4 Å². The highest BCUT2D eigenvalue weighted by molar-refractivity contribution is 7.12. The molecule has 0 saturated heterocycles. The lowest BCUT2D eigenvalue weighted by atomic mass is 9.98. The third kappa shape index (κ3) is 5.23. The summed E-state index contributed by atoms with van der Waals surface area (Å²) in [7, 11) is 0. The third-order valence-corrected chi connectivity index (χ3v) is 6.85. The van der Waals surface area contributed by atoms with E-state index in [0.29, 0.717) is 17.0 Å². The van der Waals surface area contributed by atoms with Crippen LogP contribution in [0.3, 0.4) is 0 Å². The van der Waals surface area contributed by atoms with Crippen molar-refractivity contribution in [3.05, 3.63) is 75.5 Å². The summed E-state index contributed by atoms with van der Waals surface area (Å²) in [5.41, 5.74) is 4.97. The summed E-state index contributed by atoms with van der Waals surface area (Å²) in [6.07, 6.45) is -0.198. The van der Waals surface area contributed by atoms with E-state index in [-0.39, 0.29) is 31.8 Å². The smallest absolute Gasteiger partial charge is 0.411 e. The van der Waals surface area contributed by atoms with Crippen molar-refractivity contribution in [2.24, 2.45) is 0 Å². The predicted molar refractivity (Wildman–Crippen MR) is 125 cm³/mol. The van der Waals surface area contributed by atoms with Gasteiger partial charge in [-0.15, -0.1) is 11.3 Å². The molecule has 170 valence electrons. The fourth-order valence-corrected chi connectivity index (χ4v) is 5.22. The van der Waals surface area contributed by atoms with Crippen LogP contribution in [0, 0.1) is 0 Å². The van der Waals surface area contributed by atoms with Crippen molar-refractivity contribution in [2.45, 2.75) is 31.6 Å². The third-order valence-electron chi connectivity index (χ3n) is 5.59. The van der Waals surface area contributed by atoms with Gasteiger partial charge in [-0.05, 0) is 41.2 Å². The molecule has 2 aromatic carbocycles. The van der Waals surface area contributed by atoms with Crippen LogP contribution in [-0.4, -0.2) is 34.9 Å². The first-order valence-corrected chi connectivity index (χ1v) is 11.4. The number of carboxylic acids is 2. The van der Waals surface area contributed by atoms with Crippen LogP contribution in [0.4, 0.5) is 10.5 Å². The topological polar surface area (TPSA) is 113 Å². The molecule has 0 saturated carbocycles. The summed E-state index contributed by atoms with van der Waals surface area (Å²) in [5.74, 6) is -1.92. The molecule has 0 unspecified atom stereocenters. The summed E-state index contributed by atoms with van der Waals surface area (Å²) in [6, 6.07) is 17.8. The quantitative estimate of drug-likeness (QED) is 0.403. The van der Waals surface area contributed by atoms with E-state index in [2.05, 4.69) is 17.4 Å². The summed E-state index contributed by atoms with van der Waals surface area (Å²) in [6.45, 7) is 0.167. The first kappa shape index (κ1) is 22.5. The van der Waals surface area contributed by atoms with Crippen molar-refractivity contribution in [3.63, 3.8) is 0 Å². The van der Waals surface area contributed by atoms with Crippen LogP contribution in [-0.2, 0) is 27.2 Å². The number of anilines is 1. The molecule has 4 rings (SSSR count). The Morgan fingerprint density at radius 3 is 2.06 bits per heavy atom. The first-order valence-electron chi connectivity index (χ1n) is 10.6. The molecule has 1 aliphatic rings. The zero-order valence-electron chi connectivity index (χ0n) is 17.7. The molecule has 33 heavy (non-hydrogen) atoms. The second-order valence-electron chi connectivity index (χ2n) is 7.79. The van der Waals surface area contributed by atoms with Crippen LogP contribution in [0.2, 0.25) is 0 Å². The minimum Gasteiger partial charge on any atom is -0.481 e. The standard InChI is InChI=1S/C25H23NO6S/c27-23(28)11-9-15-13-21(22(33-15)10-12-24(29)30)26-25(31)32-14-20-18-7-3-1-5-16(18)17-6-2-4-8-19(17)20/h1-8,13,20H,9-12,14H2,(H,26,31)(H,27,28)(H,29,30). The predicted octanol–water partition coefficient (Wildman–Crippen LogP) is 5.14. The molecule has 1 aliphatic carbocycles. The van der Waals surface area contributed by atoms with E-state index < -0.39 is 18.0 Å². The summed E-state index contributed by atoms with van der Waals surface area (Å²) in [5, 5.41) is 20.7. The number of carbonyl (C=O) groups is 3. The number of carboxylic acid groups (broad SMARTS) is 2. The number of ether oxygens (including phenoxy) is 1. The van der Waals surface area contributed by atoms with Gasteiger partial charge < -0.3 is 14.9 Å². The Morgan fingerprint density at radius 1 is 0.879 bits per heavy atom. The highest BCUT2D eigenvalue weighted by atomic mass is 32.1.